The Hall–Kier alpha value is -1.75. The van der Waals surface area contributed by atoms with E-state index in [2.05, 4.69) is 4.90 Å². The van der Waals surface area contributed by atoms with Gasteiger partial charge in [0.1, 0.15) is 11.3 Å². The van der Waals surface area contributed by atoms with Crippen LogP contribution in [0, 0.1) is 0 Å². The maximum absolute atomic E-state index is 12.9. The smallest absolute Gasteiger partial charge is 0.259 e. The molecule has 2 aliphatic rings. The summed E-state index contributed by atoms with van der Waals surface area (Å²) in [6.45, 7) is 3.86. The Morgan fingerprint density at radius 2 is 2.10 bits per heavy atom. The summed E-state index contributed by atoms with van der Waals surface area (Å²) in [5.74, 6) is 0.561. The molecule has 0 bridgehead atoms. The van der Waals surface area contributed by atoms with E-state index in [0.717, 1.165) is 26.1 Å². The van der Waals surface area contributed by atoms with E-state index in [0.29, 0.717) is 23.0 Å². The van der Waals surface area contributed by atoms with Crippen LogP contribution in [0.4, 0.5) is 5.69 Å². The van der Waals surface area contributed by atoms with Crippen LogP contribution in [-0.4, -0.2) is 55.0 Å². The molecule has 114 valence electrons. The standard InChI is InChI=1S/C16H23N3O2/c1-21-14-7-2-6-13(17)15(14)16(20)19-10-4-9-18-8-3-5-12(18)11-19/h2,6-7,12H,3-5,8-11,17H2,1H3. The lowest BCUT2D eigenvalue weighted by Gasteiger charge is -2.26. The molecule has 5 heteroatoms. The van der Waals surface area contributed by atoms with Crippen molar-refractivity contribution in [2.45, 2.75) is 25.3 Å². The molecule has 5 nitrogen and oxygen atoms in total. The van der Waals surface area contributed by atoms with Crippen LogP contribution < -0.4 is 10.5 Å². The van der Waals surface area contributed by atoms with Gasteiger partial charge in [-0.05, 0) is 37.9 Å². The Balaban J connectivity index is 1.84. The van der Waals surface area contributed by atoms with Crippen molar-refractivity contribution in [3.63, 3.8) is 0 Å². The fourth-order valence-corrected chi connectivity index (χ4v) is 3.50. The zero-order valence-corrected chi connectivity index (χ0v) is 12.5. The number of nitrogens with zero attached hydrogens (tertiary/aromatic N) is 2. The number of nitrogens with two attached hydrogens (primary N) is 1. The van der Waals surface area contributed by atoms with E-state index < -0.39 is 0 Å². The second-order valence-electron chi connectivity index (χ2n) is 5.86. The average Bonchev–Trinajstić information content (AvgIpc) is 2.83. The third kappa shape index (κ3) is 2.70. The number of nitrogen functional groups attached to an aromatic ring is 1. The number of carbonyl (C=O) groups excluding carboxylic acids is 1. The van der Waals surface area contributed by atoms with Gasteiger partial charge in [-0.25, -0.2) is 0 Å². The molecule has 1 aromatic rings. The van der Waals surface area contributed by atoms with Crippen molar-refractivity contribution in [3.8, 4) is 5.75 Å². The highest BCUT2D eigenvalue weighted by Crippen LogP contribution is 2.28. The first-order chi connectivity index (χ1) is 10.2. The van der Waals surface area contributed by atoms with Gasteiger partial charge in [-0.1, -0.05) is 6.07 Å². The number of carbonyl (C=O) groups is 1. The first kappa shape index (κ1) is 14.2. The van der Waals surface area contributed by atoms with Crippen molar-refractivity contribution in [2.24, 2.45) is 0 Å². The molecular weight excluding hydrogens is 266 g/mol. The number of benzene rings is 1. The summed E-state index contributed by atoms with van der Waals surface area (Å²) in [5, 5.41) is 0. The topological polar surface area (TPSA) is 58.8 Å². The Bertz CT molecular complexity index is 532. The molecule has 3 rings (SSSR count). The first-order valence-corrected chi connectivity index (χ1v) is 7.66. The molecule has 2 heterocycles. The predicted molar refractivity (Wildman–Crippen MR) is 82.5 cm³/mol. The highest BCUT2D eigenvalue weighted by molar-refractivity contribution is 6.01. The number of amides is 1. The monoisotopic (exact) mass is 289 g/mol. The van der Waals surface area contributed by atoms with Gasteiger partial charge >= 0.3 is 0 Å². The van der Waals surface area contributed by atoms with Crippen molar-refractivity contribution in [1.29, 1.82) is 0 Å². The number of methoxy groups -OCH3 is 1. The number of hydrogen-bond donors (Lipinski definition) is 1. The van der Waals surface area contributed by atoms with Crippen molar-refractivity contribution in [1.82, 2.24) is 9.80 Å². The van der Waals surface area contributed by atoms with Crippen LogP contribution in [0.3, 0.4) is 0 Å². The molecule has 1 unspecified atom stereocenters. The molecule has 0 spiro atoms. The number of rotatable bonds is 2. The maximum atomic E-state index is 12.9. The molecule has 2 fully saturated rings. The van der Waals surface area contributed by atoms with Crippen LogP contribution in [0.1, 0.15) is 29.6 Å². The predicted octanol–water partition coefficient (Wildman–Crippen LogP) is 1.59. The van der Waals surface area contributed by atoms with Crippen LogP contribution in [0.2, 0.25) is 0 Å². The van der Waals surface area contributed by atoms with E-state index in [1.165, 1.54) is 19.4 Å². The van der Waals surface area contributed by atoms with Crippen LogP contribution in [0.25, 0.3) is 0 Å². The summed E-state index contributed by atoms with van der Waals surface area (Å²) in [7, 11) is 1.58. The normalized spacial score (nSPS) is 22.7. The summed E-state index contributed by atoms with van der Waals surface area (Å²) in [6, 6.07) is 5.87. The average molecular weight is 289 g/mol. The Labute approximate surface area is 125 Å². The second kappa shape index (κ2) is 5.93. The lowest BCUT2D eigenvalue weighted by Crippen LogP contribution is -2.40. The molecular formula is C16H23N3O2. The number of hydrogen-bond acceptors (Lipinski definition) is 4. The summed E-state index contributed by atoms with van der Waals surface area (Å²) in [4.78, 5) is 17.4. The Kier molecular flexibility index (Phi) is 4.01. The summed E-state index contributed by atoms with van der Waals surface area (Å²) in [5.41, 5.74) is 7.01. The van der Waals surface area contributed by atoms with E-state index in [1.807, 2.05) is 11.0 Å². The highest BCUT2D eigenvalue weighted by atomic mass is 16.5. The molecule has 1 aromatic carbocycles. The van der Waals surface area contributed by atoms with Gasteiger partial charge in [0.25, 0.3) is 5.91 Å². The van der Waals surface area contributed by atoms with E-state index in [9.17, 15) is 4.79 Å². The van der Waals surface area contributed by atoms with E-state index in [-0.39, 0.29) is 5.91 Å². The first-order valence-electron chi connectivity index (χ1n) is 7.66. The van der Waals surface area contributed by atoms with Gasteiger partial charge in [0.05, 0.1) is 7.11 Å². The second-order valence-corrected chi connectivity index (χ2v) is 5.86. The van der Waals surface area contributed by atoms with Gasteiger partial charge in [0, 0.05) is 31.4 Å². The fourth-order valence-electron chi connectivity index (χ4n) is 3.50. The summed E-state index contributed by atoms with van der Waals surface area (Å²) >= 11 is 0. The minimum atomic E-state index is -0.00120. The van der Waals surface area contributed by atoms with Crippen molar-refractivity contribution in [2.75, 3.05) is 39.0 Å². The van der Waals surface area contributed by atoms with Crippen molar-refractivity contribution in [3.05, 3.63) is 23.8 Å². The van der Waals surface area contributed by atoms with Gasteiger partial charge in [-0.15, -0.1) is 0 Å². The molecule has 1 atom stereocenters. The van der Waals surface area contributed by atoms with Gasteiger partial charge in [-0.2, -0.15) is 0 Å². The molecule has 21 heavy (non-hydrogen) atoms. The largest absolute Gasteiger partial charge is 0.496 e. The van der Waals surface area contributed by atoms with E-state index >= 15 is 0 Å². The zero-order chi connectivity index (χ0) is 14.8. The third-order valence-electron chi connectivity index (χ3n) is 4.58. The van der Waals surface area contributed by atoms with Crippen molar-refractivity contribution >= 4 is 11.6 Å². The minimum Gasteiger partial charge on any atom is -0.496 e. The Morgan fingerprint density at radius 3 is 2.90 bits per heavy atom. The van der Waals surface area contributed by atoms with Gasteiger partial charge in [-0.3, -0.25) is 9.69 Å². The molecule has 0 saturated carbocycles. The van der Waals surface area contributed by atoms with Gasteiger partial charge in [0.2, 0.25) is 0 Å². The molecule has 2 N–H and O–H groups in total. The minimum absolute atomic E-state index is 0.00120. The lowest BCUT2D eigenvalue weighted by atomic mass is 10.1. The van der Waals surface area contributed by atoms with E-state index in [1.54, 1.807) is 19.2 Å². The summed E-state index contributed by atoms with van der Waals surface area (Å²) < 4.78 is 5.32. The molecule has 2 aliphatic heterocycles. The zero-order valence-electron chi connectivity index (χ0n) is 12.5. The molecule has 2 saturated heterocycles. The van der Waals surface area contributed by atoms with Gasteiger partial charge < -0.3 is 15.4 Å². The Morgan fingerprint density at radius 1 is 1.29 bits per heavy atom. The summed E-state index contributed by atoms with van der Waals surface area (Å²) in [6.07, 6.45) is 3.45. The van der Waals surface area contributed by atoms with Crippen LogP contribution in [0.15, 0.2) is 18.2 Å². The molecule has 0 radical (unpaired) electrons. The van der Waals surface area contributed by atoms with Crippen LogP contribution in [-0.2, 0) is 0 Å². The number of ether oxygens (including phenoxy) is 1. The quantitative estimate of drug-likeness (QED) is 0.840. The fraction of sp³-hybridized carbons (Fsp3) is 0.562. The van der Waals surface area contributed by atoms with Crippen LogP contribution >= 0.6 is 0 Å². The van der Waals surface area contributed by atoms with E-state index in [4.69, 9.17) is 10.5 Å². The maximum Gasteiger partial charge on any atom is 0.259 e. The van der Waals surface area contributed by atoms with Crippen molar-refractivity contribution < 1.29 is 9.53 Å². The number of fused-ring (bicyclic) bond motifs is 1. The van der Waals surface area contributed by atoms with Crippen LogP contribution in [0.5, 0.6) is 5.75 Å². The lowest BCUT2D eigenvalue weighted by molar-refractivity contribution is 0.0741. The number of anilines is 1. The highest BCUT2D eigenvalue weighted by Gasteiger charge is 2.32. The molecule has 1 amide bonds. The SMILES string of the molecule is COc1cccc(N)c1C(=O)N1CCCN2CCCC2C1. The third-order valence-corrected chi connectivity index (χ3v) is 4.58. The van der Waals surface area contributed by atoms with Gasteiger partial charge in [0.15, 0.2) is 0 Å². The molecule has 0 aromatic heterocycles. The molecule has 0 aliphatic carbocycles.